The van der Waals surface area contributed by atoms with Crippen LogP contribution in [0.1, 0.15) is 15.9 Å². The largest absolute Gasteiger partial charge is 0.355 e. The van der Waals surface area contributed by atoms with Crippen molar-refractivity contribution in [2.75, 3.05) is 26.0 Å². The zero-order valence-electron chi connectivity index (χ0n) is 13.8. The number of hydrogen-bond acceptors (Lipinski definition) is 7. The number of amides is 1. The lowest BCUT2D eigenvalue weighted by molar-refractivity contribution is 0.0384. The number of benzene rings is 1. The van der Waals surface area contributed by atoms with E-state index in [0.29, 0.717) is 17.8 Å². The highest BCUT2D eigenvalue weighted by Gasteiger charge is 2.35. The van der Waals surface area contributed by atoms with Crippen LogP contribution < -0.4 is 0 Å². The van der Waals surface area contributed by atoms with Crippen molar-refractivity contribution < 1.29 is 22.1 Å². The summed E-state index contributed by atoms with van der Waals surface area (Å²) in [5, 5.41) is 8.13. The molecule has 2 aromatic rings. The van der Waals surface area contributed by atoms with Crippen molar-refractivity contribution in [2.24, 2.45) is 0 Å². The smallest absolute Gasteiger partial charge is 0.271 e. The predicted octanol–water partition coefficient (Wildman–Crippen LogP) is 0.350. The average molecular weight is 366 g/mol. The van der Waals surface area contributed by atoms with E-state index in [0.717, 1.165) is 12.7 Å². The third kappa shape index (κ3) is 3.70. The highest BCUT2D eigenvalue weighted by molar-refractivity contribution is 7.86. The van der Waals surface area contributed by atoms with Gasteiger partial charge in [-0.05, 0) is 19.1 Å². The van der Waals surface area contributed by atoms with Gasteiger partial charge < -0.3 is 9.64 Å². The average Bonchev–Trinajstić information content (AvgIpc) is 3.25. The maximum Gasteiger partial charge on any atom is 0.271 e. The second-order valence-corrected chi connectivity index (χ2v) is 7.34. The van der Waals surface area contributed by atoms with E-state index in [-0.39, 0.29) is 12.5 Å². The molecule has 1 amide bonds. The van der Waals surface area contributed by atoms with Crippen LogP contribution >= 0.6 is 0 Å². The fraction of sp³-hybridized carbons (Fsp3) is 0.400. The van der Waals surface area contributed by atoms with E-state index in [9.17, 15) is 13.2 Å². The molecule has 1 unspecified atom stereocenters. The summed E-state index contributed by atoms with van der Waals surface area (Å²) in [7, 11) is -2.68. The van der Waals surface area contributed by atoms with Crippen LogP contribution in [0, 0.1) is 6.92 Å². The van der Waals surface area contributed by atoms with Crippen molar-refractivity contribution in [3.8, 4) is 5.69 Å². The Bertz CT molecular complexity index is 866. The van der Waals surface area contributed by atoms with Gasteiger partial charge in [0.25, 0.3) is 16.0 Å². The molecule has 1 fully saturated rings. The van der Waals surface area contributed by atoms with Crippen LogP contribution in [-0.4, -0.2) is 66.5 Å². The Kier molecular flexibility index (Phi) is 4.84. The molecule has 1 saturated heterocycles. The third-order valence-corrected chi connectivity index (χ3v) is 5.07. The Morgan fingerprint density at radius 3 is 2.76 bits per heavy atom. The fourth-order valence-corrected chi connectivity index (χ4v) is 3.39. The van der Waals surface area contributed by atoms with Crippen molar-refractivity contribution in [1.82, 2.24) is 19.9 Å². The van der Waals surface area contributed by atoms with E-state index in [1.165, 1.54) is 22.1 Å². The first kappa shape index (κ1) is 17.5. The van der Waals surface area contributed by atoms with Crippen LogP contribution in [0.5, 0.6) is 0 Å². The van der Waals surface area contributed by atoms with Gasteiger partial charge in [0, 0.05) is 6.54 Å². The minimum atomic E-state index is -3.76. The predicted molar refractivity (Wildman–Crippen MR) is 87.7 cm³/mol. The molecule has 0 N–H and O–H groups in total. The summed E-state index contributed by atoms with van der Waals surface area (Å²) in [6.45, 7) is 2.42. The van der Waals surface area contributed by atoms with Gasteiger partial charge in [0.1, 0.15) is 12.0 Å². The molecular weight excluding hydrogens is 348 g/mol. The molecule has 1 aromatic heterocycles. The second kappa shape index (κ2) is 6.90. The van der Waals surface area contributed by atoms with E-state index in [2.05, 4.69) is 14.4 Å². The Labute approximate surface area is 145 Å². The zero-order valence-corrected chi connectivity index (χ0v) is 14.6. The van der Waals surface area contributed by atoms with Crippen LogP contribution in [0.4, 0.5) is 0 Å². The van der Waals surface area contributed by atoms with Gasteiger partial charge in [0.15, 0.2) is 0 Å². The van der Waals surface area contributed by atoms with Gasteiger partial charge in [-0.2, -0.15) is 23.4 Å². The molecule has 1 aliphatic rings. The maximum absolute atomic E-state index is 13.0. The number of ether oxygens (including phenoxy) is 1. The summed E-state index contributed by atoms with van der Waals surface area (Å²) in [5.74, 6) is -0.763. The number of rotatable bonds is 5. The van der Waals surface area contributed by atoms with Crippen LogP contribution in [-0.2, 0) is 19.0 Å². The van der Waals surface area contributed by atoms with Crippen molar-refractivity contribution in [3.63, 3.8) is 0 Å². The number of carbonyl (C=O) groups excluding carboxylic acids is 1. The van der Waals surface area contributed by atoms with E-state index < -0.39 is 22.1 Å². The van der Waals surface area contributed by atoms with Crippen molar-refractivity contribution >= 4 is 16.0 Å². The molecule has 25 heavy (non-hydrogen) atoms. The molecule has 3 rings (SSSR count). The number of nitrogens with zero attached hydrogens (tertiary/aromatic N) is 4. The molecule has 1 atom stereocenters. The summed E-state index contributed by atoms with van der Waals surface area (Å²) < 4.78 is 33.3. The van der Waals surface area contributed by atoms with Crippen LogP contribution in [0.3, 0.4) is 0 Å². The molecule has 0 saturated carbocycles. The highest BCUT2D eigenvalue weighted by Crippen LogP contribution is 2.22. The zero-order chi connectivity index (χ0) is 18.0. The summed E-state index contributed by atoms with van der Waals surface area (Å²) in [5.41, 5.74) is 1.78. The van der Waals surface area contributed by atoms with Gasteiger partial charge in [0.05, 0.1) is 37.4 Å². The molecular formula is C15H18N4O5S. The maximum atomic E-state index is 13.0. The van der Waals surface area contributed by atoms with Crippen molar-refractivity contribution in [2.45, 2.75) is 13.2 Å². The quantitative estimate of drug-likeness (QED) is 0.703. The summed E-state index contributed by atoms with van der Waals surface area (Å²) in [6.07, 6.45) is 2.14. The molecule has 0 aliphatic carbocycles. The first-order chi connectivity index (χ1) is 11.9. The minimum absolute atomic E-state index is 0.261. The first-order valence-electron chi connectivity index (χ1n) is 7.59. The summed E-state index contributed by atoms with van der Waals surface area (Å²) in [6, 6.07) is 5.32. The van der Waals surface area contributed by atoms with E-state index >= 15 is 0 Å². The Balaban J connectivity index is 1.94. The van der Waals surface area contributed by atoms with Gasteiger partial charge in [-0.1, -0.05) is 11.6 Å². The fourth-order valence-electron chi connectivity index (χ4n) is 2.62. The number of carbonyl (C=O) groups is 1. The van der Waals surface area contributed by atoms with Crippen molar-refractivity contribution in [3.05, 3.63) is 41.7 Å². The molecule has 134 valence electrons. The molecule has 2 heterocycles. The SMILES string of the molecule is COS(=O)(=O)CC1OCCN1C(=O)c1cc(C)ccc1-n1nccn1. The monoisotopic (exact) mass is 366 g/mol. The lowest BCUT2D eigenvalue weighted by Gasteiger charge is -2.23. The standard InChI is InChI=1S/C15H18N4O5S/c1-11-3-4-13(19-16-5-6-17-19)12(9-11)15(20)18-7-8-24-14(18)10-25(21,22)23-2/h3-6,9,14H,7-8,10H2,1-2H3. The second-order valence-electron chi connectivity index (χ2n) is 5.55. The van der Waals surface area contributed by atoms with Crippen molar-refractivity contribution in [1.29, 1.82) is 0 Å². The van der Waals surface area contributed by atoms with Crippen LogP contribution in [0.25, 0.3) is 5.69 Å². The van der Waals surface area contributed by atoms with Gasteiger partial charge >= 0.3 is 0 Å². The van der Waals surface area contributed by atoms with Crippen LogP contribution in [0.15, 0.2) is 30.6 Å². The topological polar surface area (TPSA) is 104 Å². The van der Waals surface area contributed by atoms with Gasteiger partial charge in [-0.15, -0.1) is 0 Å². The lowest BCUT2D eigenvalue weighted by atomic mass is 10.1. The molecule has 1 aromatic carbocycles. The Hall–Kier alpha value is -2.30. The normalized spacial score (nSPS) is 17.8. The van der Waals surface area contributed by atoms with E-state index in [4.69, 9.17) is 4.74 Å². The molecule has 0 bridgehead atoms. The van der Waals surface area contributed by atoms with Crippen LogP contribution in [0.2, 0.25) is 0 Å². The van der Waals surface area contributed by atoms with Gasteiger partial charge in [-0.25, -0.2) is 0 Å². The lowest BCUT2D eigenvalue weighted by Crippen LogP contribution is -2.41. The minimum Gasteiger partial charge on any atom is -0.355 e. The molecule has 1 aliphatic heterocycles. The molecule has 9 nitrogen and oxygen atoms in total. The van der Waals surface area contributed by atoms with E-state index in [1.807, 2.05) is 13.0 Å². The molecule has 0 spiro atoms. The highest BCUT2D eigenvalue weighted by atomic mass is 32.2. The summed E-state index contributed by atoms with van der Waals surface area (Å²) in [4.78, 5) is 15.8. The first-order valence-corrected chi connectivity index (χ1v) is 9.17. The third-order valence-electron chi connectivity index (χ3n) is 3.87. The van der Waals surface area contributed by atoms with Gasteiger partial charge in [-0.3, -0.25) is 8.98 Å². The van der Waals surface area contributed by atoms with Gasteiger partial charge in [0.2, 0.25) is 0 Å². The molecule has 10 heteroatoms. The Morgan fingerprint density at radius 2 is 2.08 bits per heavy atom. The number of aryl methyl sites for hydroxylation is 1. The number of aromatic nitrogens is 3. The van der Waals surface area contributed by atoms with E-state index in [1.54, 1.807) is 12.1 Å². The summed E-state index contributed by atoms with van der Waals surface area (Å²) >= 11 is 0. The Morgan fingerprint density at radius 1 is 1.36 bits per heavy atom. The molecule has 0 radical (unpaired) electrons. The number of hydrogen-bond donors (Lipinski definition) is 0.